The summed E-state index contributed by atoms with van der Waals surface area (Å²) < 4.78 is 0. The first-order chi connectivity index (χ1) is 14.4. The van der Waals surface area contributed by atoms with Crippen LogP contribution in [0.3, 0.4) is 0 Å². The molecule has 0 spiro atoms. The number of nitrogens with one attached hydrogen (secondary N) is 1. The number of hydrogen-bond acceptors (Lipinski definition) is 2. The van der Waals surface area contributed by atoms with Gasteiger partial charge in [0.25, 0.3) is 0 Å². The van der Waals surface area contributed by atoms with E-state index in [1.807, 2.05) is 0 Å². The molecule has 0 saturated heterocycles. The van der Waals surface area contributed by atoms with Crippen LogP contribution in [0.4, 0.5) is 0 Å². The summed E-state index contributed by atoms with van der Waals surface area (Å²) in [6.07, 6.45) is 0. The molecular formula is C26H17N3. The van der Waals surface area contributed by atoms with Gasteiger partial charge in [0.15, 0.2) is 0 Å². The van der Waals surface area contributed by atoms with Crippen LogP contribution in [-0.4, -0.2) is 15.4 Å². The van der Waals surface area contributed by atoms with E-state index in [1.165, 1.54) is 32.7 Å². The second-order valence-corrected chi connectivity index (χ2v) is 7.27. The molecule has 1 N–H and O–H groups in total. The van der Waals surface area contributed by atoms with Crippen LogP contribution < -0.4 is 0 Å². The summed E-state index contributed by atoms with van der Waals surface area (Å²) in [7, 11) is 0. The SMILES string of the molecule is c1ccc2c(-c3cc(-c4cccc5ccccc45)c4n[nH]nc4c3)cccc2c1. The van der Waals surface area contributed by atoms with Crippen LogP contribution in [-0.2, 0) is 0 Å². The van der Waals surface area contributed by atoms with Crippen LogP contribution >= 0.6 is 0 Å². The quantitative estimate of drug-likeness (QED) is 0.373. The van der Waals surface area contributed by atoms with Gasteiger partial charge < -0.3 is 0 Å². The van der Waals surface area contributed by atoms with Crippen LogP contribution in [0.15, 0.2) is 97.1 Å². The van der Waals surface area contributed by atoms with Crippen molar-refractivity contribution in [1.29, 1.82) is 0 Å². The predicted octanol–water partition coefficient (Wildman–Crippen LogP) is 6.60. The highest BCUT2D eigenvalue weighted by atomic mass is 15.3. The van der Waals surface area contributed by atoms with Crippen LogP contribution in [0, 0.1) is 0 Å². The van der Waals surface area contributed by atoms with Gasteiger partial charge in [-0.3, -0.25) is 0 Å². The van der Waals surface area contributed by atoms with E-state index in [0.29, 0.717) is 0 Å². The Morgan fingerprint density at radius 3 is 1.90 bits per heavy atom. The Morgan fingerprint density at radius 2 is 1.14 bits per heavy atom. The summed E-state index contributed by atoms with van der Waals surface area (Å²) in [4.78, 5) is 0. The van der Waals surface area contributed by atoms with Gasteiger partial charge in [0, 0.05) is 5.56 Å². The average Bonchev–Trinajstić information content (AvgIpc) is 3.26. The highest BCUT2D eigenvalue weighted by Crippen LogP contribution is 2.37. The molecule has 0 unspecified atom stereocenters. The molecule has 0 saturated carbocycles. The number of aromatic nitrogens is 3. The second kappa shape index (κ2) is 6.28. The Bertz CT molecular complexity index is 1500. The minimum Gasteiger partial charge on any atom is -0.197 e. The van der Waals surface area contributed by atoms with Crippen molar-refractivity contribution in [3.05, 3.63) is 97.1 Å². The maximum atomic E-state index is 4.46. The maximum Gasteiger partial charge on any atom is 0.120 e. The molecule has 3 nitrogen and oxygen atoms in total. The zero-order valence-electron chi connectivity index (χ0n) is 15.6. The number of H-pyrrole nitrogens is 1. The molecule has 3 heteroatoms. The van der Waals surface area contributed by atoms with Crippen molar-refractivity contribution < 1.29 is 0 Å². The van der Waals surface area contributed by atoms with Gasteiger partial charge in [0.1, 0.15) is 11.0 Å². The summed E-state index contributed by atoms with van der Waals surface area (Å²) in [6.45, 7) is 0. The van der Waals surface area contributed by atoms with E-state index < -0.39 is 0 Å². The van der Waals surface area contributed by atoms with Gasteiger partial charge in [-0.05, 0) is 50.4 Å². The van der Waals surface area contributed by atoms with Crippen molar-refractivity contribution in [1.82, 2.24) is 15.4 Å². The summed E-state index contributed by atoms with van der Waals surface area (Å²) >= 11 is 0. The standard InChI is InChI=1S/C26H17N3/c1-3-11-20-17(7-1)9-5-13-22(20)19-15-24(26-25(16-19)27-29-28-26)23-14-6-10-18-8-2-4-12-21(18)23/h1-16H,(H,27,28,29). The lowest BCUT2D eigenvalue weighted by Gasteiger charge is -2.11. The normalized spacial score (nSPS) is 11.4. The number of benzene rings is 5. The van der Waals surface area contributed by atoms with E-state index in [0.717, 1.165) is 22.2 Å². The topological polar surface area (TPSA) is 41.6 Å². The summed E-state index contributed by atoms with van der Waals surface area (Å²) in [5, 5.41) is 16.6. The Hall–Kier alpha value is -3.98. The molecule has 1 heterocycles. The van der Waals surface area contributed by atoms with E-state index in [2.05, 4.69) is 112 Å². The Kier molecular flexibility index (Phi) is 3.47. The highest BCUT2D eigenvalue weighted by Gasteiger charge is 2.14. The minimum atomic E-state index is 0.873. The van der Waals surface area contributed by atoms with Gasteiger partial charge in [-0.15, -0.1) is 0 Å². The fraction of sp³-hybridized carbons (Fsp3) is 0. The molecule has 5 aromatic carbocycles. The van der Waals surface area contributed by atoms with Gasteiger partial charge >= 0.3 is 0 Å². The first-order valence-corrected chi connectivity index (χ1v) is 9.69. The monoisotopic (exact) mass is 371 g/mol. The molecule has 1 aromatic heterocycles. The first-order valence-electron chi connectivity index (χ1n) is 9.69. The number of rotatable bonds is 2. The molecule has 0 fully saturated rings. The molecule has 136 valence electrons. The third-order valence-corrected chi connectivity index (χ3v) is 5.60. The molecule has 0 aliphatic carbocycles. The fourth-order valence-electron chi connectivity index (χ4n) is 4.25. The zero-order valence-corrected chi connectivity index (χ0v) is 15.6. The van der Waals surface area contributed by atoms with Gasteiger partial charge in [-0.1, -0.05) is 84.9 Å². The van der Waals surface area contributed by atoms with E-state index >= 15 is 0 Å². The average molecular weight is 371 g/mol. The van der Waals surface area contributed by atoms with Gasteiger partial charge in [-0.25, -0.2) is 0 Å². The molecule has 0 aliphatic heterocycles. The molecule has 6 rings (SSSR count). The van der Waals surface area contributed by atoms with Crippen molar-refractivity contribution in [3.8, 4) is 22.3 Å². The van der Waals surface area contributed by atoms with Crippen molar-refractivity contribution >= 4 is 32.6 Å². The number of nitrogens with zero attached hydrogens (tertiary/aromatic N) is 2. The van der Waals surface area contributed by atoms with Crippen LogP contribution in [0.1, 0.15) is 0 Å². The highest BCUT2D eigenvalue weighted by molar-refractivity contribution is 6.06. The van der Waals surface area contributed by atoms with Crippen molar-refractivity contribution in [3.63, 3.8) is 0 Å². The van der Waals surface area contributed by atoms with Gasteiger partial charge in [0.2, 0.25) is 0 Å². The zero-order chi connectivity index (χ0) is 19.2. The summed E-state index contributed by atoms with van der Waals surface area (Å²) in [6, 6.07) is 34.2. The lowest BCUT2D eigenvalue weighted by atomic mass is 9.92. The molecule has 0 radical (unpaired) electrons. The fourth-order valence-corrected chi connectivity index (χ4v) is 4.25. The number of fused-ring (bicyclic) bond motifs is 3. The van der Waals surface area contributed by atoms with E-state index in [9.17, 15) is 0 Å². The van der Waals surface area contributed by atoms with E-state index in [1.54, 1.807) is 0 Å². The molecule has 6 aromatic rings. The summed E-state index contributed by atoms with van der Waals surface area (Å²) in [5.74, 6) is 0. The Labute approximate surface area is 167 Å². The number of hydrogen-bond donors (Lipinski definition) is 1. The molecule has 29 heavy (non-hydrogen) atoms. The lowest BCUT2D eigenvalue weighted by molar-refractivity contribution is 0.959. The van der Waals surface area contributed by atoms with Gasteiger partial charge in [0.05, 0.1) is 0 Å². The lowest BCUT2D eigenvalue weighted by Crippen LogP contribution is -1.88. The van der Waals surface area contributed by atoms with Crippen LogP contribution in [0.25, 0.3) is 54.8 Å². The van der Waals surface area contributed by atoms with Crippen molar-refractivity contribution in [2.24, 2.45) is 0 Å². The van der Waals surface area contributed by atoms with Gasteiger partial charge in [-0.2, -0.15) is 15.4 Å². The first kappa shape index (κ1) is 16.0. The molecule has 0 amide bonds. The molecule has 0 aliphatic rings. The van der Waals surface area contributed by atoms with Crippen LogP contribution in [0.5, 0.6) is 0 Å². The molecular weight excluding hydrogens is 354 g/mol. The third kappa shape index (κ3) is 2.52. The Balaban J connectivity index is 1.69. The number of aromatic amines is 1. The minimum absolute atomic E-state index is 0.873. The predicted molar refractivity (Wildman–Crippen MR) is 120 cm³/mol. The maximum absolute atomic E-state index is 4.46. The van der Waals surface area contributed by atoms with E-state index in [4.69, 9.17) is 0 Å². The third-order valence-electron chi connectivity index (χ3n) is 5.60. The smallest absolute Gasteiger partial charge is 0.120 e. The van der Waals surface area contributed by atoms with Crippen molar-refractivity contribution in [2.75, 3.05) is 0 Å². The van der Waals surface area contributed by atoms with Crippen LogP contribution in [0.2, 0.25) is 0 Å². The second-order valence-electron chi connectivity index (χ2n) is 7.27. The van der Waals surface area contributed by atoms with Crippen molar-refractivity contribution in [2.45, 2.75) is 0 Å². The van der Waals surface area contributed by atoms with E-state index in [-0.39, 0.29) is 0 Å². The Morgan fingerprint density at radius 1 is 0.517 bits per heavy atom. The largest absolute Gasteiger partial charge is 0.197 e. The molecule has 0 bridgehead atoms. The summed E-state index contributed by atoms with van der Waals surface area (Å²) in [5.41, 5.74) is 6.38. The molecule has 0 atom stereocenters.